The molecule has 0 amide bonds. The minimum Gasteiger partial charge on any atom is -0.392 e. The molecule has 0 atom stereocenters. The van der Waals surface area contributed by atoms with E-state index in [-0.39, 0.29) is 26.4 Å². The first-order valence-corrected chi connectivity index (χ1v) is 8.40. The van der Waals surface area contributed by atoms with Crippen LogP contribution in [-0.2, 0) is 37.7 Å². The molecule has 0 saturated carbocycles. The lowest BCUT2D eigenvalue weighted by atomic mass is 9.90. The number of rotatable bonds is 8. The largest absolute Gasteiger partial charge is 0.392 e. The van der Waals surface area contributed by atoms with Crippen LogP contribution in [0.25, 0.3) is 11.1 Å². The molecule has 5 N–H and O–H groups in total. The molecule has 1 aromatic heterocycles. The van der Waals surface area contributed by atoms with Crippen LogP contribution in [0.2, 0.25) is 0 Å². The predicted octanol–water partition coefficient (Wildman–Crippen LogP) is 1.70. The van der Waals surface area contributed by atoms with Crippen molar-refractivity contribution in [1.29, 1.82) is 5.26 Å². The second-order valence-electron chi connectivity index (χ2n) is 5.61. The highest BCUT2D eigenvalue weighted by Crippen LogP contribution is 2.36. The first kappa shape index (κ1) is 22.6. The Hall–Kier alpha value is -2.47. The van der Waals surface area contributed by atoms with Crippen LogP contribution in [0.4, 0.5) is 0 Å². The third kappa shape index (κ3) is 4.63. The van der Waals surface area contributed by atoms with E-state index in [4.69, 9.17) is 4.74 Å². The van der Waals surface area contributed by atoms with Crippen molar-refractivity contribution in [3.05, 3.63) is 58.9 Å². The molecular weight excluding hydrogens is 346 g/mol. The van der Waals surface area contributed by atoms with Gasteiger partial charge >= 0.3 is 0 Å². The minimum absolute atomic E-state index is 0.228. The Labute approximate surface area is 159 Å². The van der Waals surface area contributed by atoms with Gasteiger partial charge in [0.15, 0.2) is 0 Å². The number of aliphatic hydroxyl groups is 3. The molecule has 0 fully saturated rings. The van der Waals surface area contributed by atoms with Gasteiger partial charge in [-0.1, -0.05) is 12.1 Å². The number of hydrogen-bond acceptors (Lipinski definition) is 6. The van der Waals surface area contributed by atoms with Crippen molar-refractivity contribution in [3.63, 3.8) is 0 Å². The summed E-state index contributed by atoms with van der Waals surface area (Å²) in [5.74, 6) is 0. The number of benzene rings is 1. The molecular formula is C20H27N3O4. The summed E-state index contributed by atoms with van der Waals surface area (Å²) in [7, 11) is 3.35. The Morgan fingerprint density at radius 1 is 1.11 bits per heavy atom. The van der Waals surface area contributed by atoms with Gasteiger partial charge in [-0.15, -0.1) is 13.2 Å². The maximum Gasteiger partial charge on any atom is 0.124 e. The Morgan fingerprint density at radius 2 is 1.78 bits per heavy atom. The molecule has 1 heterocycles. The fraction of sp³-hybridized carbons (Fsp3) is 0.350. The second kappa shape index (κ2) is 11.3. The molecule has 0 aliphatic rings. The van der Waals surface area contributed by atoms with E-state index in [9.17, 15) is 20.6 Å². The number of hydrogen-bond donors (Lipinski definition) is 5. The Bertz CT molecular complexity index is 794. The van der Waals surface area contributed by atoms with E-state index < -0.39 is 0 Å². The first-order chi connectivity index (χ1) is 13.2. The van der Waals surface area contributed by atoms with Crippen molar-refractivity contribution in [2.45, 2.75) is 33.0 Å². The van der Waals surface area contributed by atoms with E-state index in [0.717, 1.165) is 11.3 Å². The number of aromatic nitrogens is 1. The molecule has 2 aromatic rings. The molecule has 7 heteroatoms. The van der Waals surface area contributed by atoms with E-state index >= 15 is 0 Å². The standard InChI is InChI=1S/C18H23N3O4.C2H4/c1-20-6-17-18(15(10-25-2)16(5-19)21-17)12-4-3-11(7-22)13(8-23)14(12)9-24;1-2/h3-4,20-24H,6-10H2,1-2H3;1-2H2. The number of nitriles is 1. The highest BCUT2D eigenvalue weighted by Gasteiger charge is 2.22. The minimum atomic E-state index is -0.296. The van der Waals surface area contributed by atoms with Gasteiger partial charge in [0.25, 0.3) is 0 Å². The number of methoxy groups -OCH3 is 1. The molecule has 2 rings (SSSR count). The van der Waals surface area contributed by atoms with Gasteiger partial charge < -0.3 is 30.4 Å². The van der Waals surface area contributed by atoms with Crippen molar-refractivity contribution >= 4 is 0 Å². The van der Waals surface area contributed by atoms with Gasteiger partial charge in [-0.3, -0.25) is 0 Å². The lowest BCUT2D eigenvalue weighted by Gasteiger charge is -2.17. The van der Waals surface area contributed by atoms with Crippen molar-refractivity contribution < 1.29 is 20.1 Å². The summed E-state index contributed by atoms with van der Waals surface area (Å²) in [6, 6.07) is 5.65. The lowest BCUT2D eigenvalue weighted by molar-refractivity contribution is 0.185. The van der Waals surface area contributed by atoms with Crippen LogP contribution >= 0.6 is 0 Å². The van der Waals surface area contributed by atoms with Crippen molar-refractivity contribution in [1.82, 2.24) is 10.3 Å². The number of H-pyrrole nitrogens is 1. The second-order valence-corrected chi connectivity index (χ2v) is 5.61. The van der Waals surface area contributed by atoms with Gasteiger partial charge in [0.2, 0.25) is 0 Å². The number of nitrogens with one attached hydrogen (secondary N) is 2. The molecule has 0 unspecified atom stereocenters. The smallest absolute Gasteiger partial charge is 0.124 e. The average Bonchev–Trinajstić information content (AvgIpc) is 3.05. The van der Waals surface area contributed by atoms with Gasteiger partial charge in [-0.25, -0.2) is 0 Å². The average molecular weight is 373 g/mol. The summed E-state index contributed by atoms with van der Waals surface area (Å²) in [4.78, 5) is 3.10. The van der Waals surface area contributed by atoms with E-state index in [1.54, 1.807) is 26.3 Å². The zero-order valence-corrected chi connectivity index (χ0v) is 15.8. The molecule has 0 spiro atoms. The van der Waals surface area contributed by atoms with Gasteiger partial charge in [0, 0.05) is 30.5 Å². The molecule has 0 aliphatic carbocycles. The molecule has 0 saturated heterocycles. The van der Waals surface area contributed by atoms with Crippen molar-refractivity contribution in [3.8, 4) is 17.2 Å². The third-order valence-electron chi connectivity index (χ3n) is 4.22. The molecule has 0 radical (unpaired) electrons. The fourth-order valence-electron chi connectivity index (χ4n) is 3.12. The molecule has 1 aromatic carbocycles. The molecule has 0 aliphatic heterocycles. The molecule has 146 valence electrons. The fourth-order valence-corrected chi connectivity index (χ4v) is 3.12. The first-order valence-electron chi connectivity index (χ1n) is 8.40. The van der Waals surface area contributed by atoms with E-state index in [2.05, 4.69) is 29.5 Å². The highest BCUT2D eigenvalue weighted by molar-refractivity contribution is 5.77. The van der Waals surface area contributed by atoms with Crippen LogP contribution in [0.3, 0.4) is 0 Å². The number of nitrogens with zero attached hydrogens (tertiary/aromatic N) is 1. The van der Waals surface area contributed by atoms with E-state index in [0.29, 0.717) is 40.1 Å². The maximum atomic E-state index is 9.90. The Kier molecular flexibility index (Phi) is 9.44. The van der Waals surface area contributed by atoms with Gasteiger partial charge in [0.1, 0.15) is 11.8 Å². The summed E-state index contributed by atoms with van der Waals surface area (Å²) >= 11 is 0. The summed E-state index contributed by atoms with van der Waals surface area (Å²) in [5.41, 5.74) is 4.98. The molecule has 27 heavy (non-hydrogen) atoms. The van der Waals surface area contributed by atoms with E-state index in [1.807, 2.05) is 0 Å². The summed E-state index contributed by atoms with van der Waals surface area (Å²) in [6.07, 6.45) is 0. The van der Waals surface area contributed by atoms with Gasteiger partial charge in [0.05, 0.1) is 26.4 Å². The molecule has 0 bridgehead atoms. The van der Waals surface area contributed by atoms with Crippen LogP contribution in [0.5, 0.6) is 0 Å². The quantitative estimate of drug-likeness (QED) is 0.449. The SMILES string of the molecule is C=C.CNCc1[nH]c(C#N)c(COC)c1-c1ccc(CO)c(CO)c1CO. The van der Waals surface area contributed by atoms with Crippen molar-refractivity contribution in [2.75, 3.05) is 14.2 Å². The summed E-state index contributed by atoms with van der Waals surface area (Å²) in [6.45, 7) is 5.91. The van der Waals surface area contributed by atoms with E-state index in [1.165, 1.54) is 0 Å². The number of aromatic amines is 1. The Morgan fingerprint density at radius 3 is 2.26 bits per heavy atom. The Balaban J connectivity index is 0.00000176. The highest BCUT2D eigenvalue weighted by atomic mass is 16.5. The zero-order chi connectivity index (χ0) is 20.4. The van der Waals surface area contributed by atoms with Crippen LogP contribution < -0.4 is 5.32 Å². The summed E-state index contributed by atoms with van der Waals surface area (Å²) in [5, 5.41) is 41.6. The molecule has 7 nitrogen and oxygen atoms in total. The van der Waals surface area contributed by atoms with Crippen LogP contribution in [-0.4, -0.2) is 34.5 Å². The summed E-state index contributed by atoms with van der Waals surface area (Å²) < 4.78 is 5.26. The third-order valence-corrected chi connectivity index (χ3v) is 4.22. The van der Waals surface area contributed by atoms with Gasteiger partial charge in [-0.05, 0) is 29.3 Å². The van der Waals surface area contributed by atoms with Crippen LogP contribution in [0, 0.1) is 11.3 Å². The van der Waals surface area contributed by atoms with Crippen LogP contribution in [0.15, 0.2) is 25.3 Å². The monoisotopic (exact) mass is 373 g/mol. The number of aliphatic hydroxyl groups excluding tert-OH is 3. The zero-order valence-electron chi connectivity index (χ0n) is 15.8. The lowest BCUT2D eigenvalue weighted by Crippen LogP contribution is -2.08. The topological polar surface area (TPSA) is 122 Å². The maximum absolute atomic E-state index is 9.90. The number of ether oxygens (including phenoxy) is 1. The normalized spacial score (nSPS) is 10.2. The van der Waals surface area contributed by atoms with Crippen molar-refractivity contribution in [2.24, 2.45) is 0 Å². The predicted molar refractivity (Wildman–Crippen MR) is 103 cm³/mol. The van der Waals surface area contributed by atoms with Crippen LogP contribution in [0.1, 0.15) is 33.6 Å². The van der Waals surface area contributed by atoms with Gasteiger partial charge in [-0.2, -0.15) is 5.26 Å².